The number of pyridine rings is 1. The third-order valence-corrected chi connectivity index (χ3v) is 2.47. The average molecular weight is 216 g/mol. The standard InChI is InChI=1S/C13H13FN2/c1-8-5-9(2)13(11(14)6-8)12-7-10(15)3-4-16-12/h3-7H,1-2H3,(H2,15,16). The van der Waals surface area contributed by atoms with Gasteiger partial charge >= 0.3 is 0 Å². The Balaban J connectivity index is 2.64. The van der Waals surface area contributed by atoms with E-state index >= 15 is 0 Å². The van der Waals surface area contributed by atoms with Gasteiger partial charge in [-0.3, -0.25) is 4.98 Å². The fourth-order valence-corrected chi connectivity index (χ4v) is 1.82. The van der Waals surface area contributed by atoms with Gasteiger partial charge in [-0.25, -0.2) is 4.39 Å². The molecule has 2 rings (SSSR count). The lowest BCUT2D eigenvalue weighted by atomic mass is 10.0. The van der Waals surface area contributed by atoms with Gasteiger partial charge in [0.15, 0.2) is 0 Å². The van der Waals surface area contributed by atoms with Crippen molar-refractivity contribution in [2.45, 2.75) is 13.8 Å². The van der Waals surface area contributed by atoms with Gasteiger partial charge < -0.3 is 5.73 Å². The Morgan fingerprint density at radius 1 is 1.19 bits per heavy atom. The van der Waals surface area contributed by atoms with Crippen molar-refractivity contribution in [1.82, 2.24) is 4.98 Å². The quantitative estimate of drug-likeness (QED) is 0.795. The Kier molecular flexibility index (Phi) is 2.60. The molecule has 0 aliphatic rings. The zero-order chi connectivity index (χ0) is 11.7. The van der Waals surface area contributed by atoms with Gasteiger partial charge in [0.1, 0.15) is 5.82 Å². The first-order chi connectivity index (χ1) is 7.58. The smallest absolute Gasteiger partial charge is 0.133 e. The Bertz CT molecular complexity index is 512. The molecule has 0 bridgehead atoms. The van der Waals surface area contributed by atoms with Gasteiger partial charge in [-0.05, 0) is 43.2 Å². The number of nitrogen functional groups attached to an aromatic ring is 1. The molecule has 1 aromatic heterocycles. The van der Waals surface area contributed by atoms with Crippen LogP contribution in [0.15, 0.2) is 30.5 Å². The summed E-state index contributed by atoms with van der Waals surface area (Å²) in [6, 6.07) is 6.81. The molecule has 0 saturated carbocycles. The van der Waals surface area contributed by atoms with Crippen LogP contribution in [-0.4, -0.2) is 4.98 Å². The number of hydrogen-bond acceptors (Lipinski definition) is 2. The number of halogens is 1. The lowest BCUT2D eigenvalue weighted by Gasteiger charge is -2.08. The number of aryl methyl sites for hydroxylation is 2. The molecule has 16 heavy (non-hydrogen) atoms. The zero-order valence-electron chi connectivity index (χ0n) is 9.29. The van der Waals surface area contributed by atoms with Crippen molar-refractivity contribution < 1.29 is 4.39 Å². The maximum atomic E-state index is 13.8. The highest BCUT2D eigenvalue weighted by atomic mass is 19.1. The van der Waals surface area contributed by atoms with Crippen molar-refractivity contribution in [1.29, 1.82) is 0 Å². The van der Waals surface area contributed by atoms with Gasteiger partial charge in [0.25, 0.3) is 0 Å². The summed E-state index contributed by atoms with van der Waals surface area (Å²) in [5.41, 5.74) is 9.13. The van der Waals surface area contributed by atoms with Gasteiger partial charge in [-0.1, -0.05) is 6.07 Å². The summed E-state index contributed by atoms with van der Waals surface area (Å²) in [4.78, 5) is 4.14. The first kappa shape index (κ1) is 10.6. The minimum absolute atomic E-state index is 0.254. The third-order valence-electron chi connectivity index (χ3n) is 2.47. The molecular weight excluding hydrogens is 203 g/mol. The Labute approximate surface area is 93.9 Å². The van der Waals surface area contributed by atoms with Gasteiger partial charge in [-0.2, -0.15) is 0 Å². The molecule has 82 valence electrons. The Morgan fingerprint density at radius 3 is 2.56 bits per heavy atom. The van der Waals surface area contributed by atoms with Crippen LogP contribution in [0.5, 0.6) is 0 Å². The number of rotatable bonds is 1. The molecule has 1 heterocycles. The third kappa shape index (κ3) is 1.89. The summed E-state index contributed by atoms with van der Waals surface area (Å²) in [6.07, 6.45) is 1.59. The van der Waals surface area contributed by atoms with Crippen LogP contribution in [-0.2, 0) is 0 Å². The second kappa shape index (κ2) is 3.93. The molecule has 2 N–H and O–H groups in total. The monoisotopic (exact) mass is 216 g/mol. The summed E-state index contributed by atoms with van der Waals surface area (Å²) in [5.74, 6) is -0.254. The van der Waals surface area contributed by atoms with E-state index in [-0.39, 0.29) is 5.82 Å². The minimum atomic E-state index is -0.254. The average Bonchev–Trinajstić information content (AvgIpc) is 2.15. The number of benzene rings is 1. The van der Waals surface area contributed by atoms with E-state index < -0.39 is 0 Å². The van der Waals surface area contributed by atoms with Crippen LogP contribution >= 0.6 is 0 Å². The van der Waals surface area contributed by atoms with Crippen LogP contribution in [0.3, 0.4) is 0 Å². The van der Waals surface area contributed by atoms with Crippen LogP contribution in [0, 0.1) is 19.7 Å². The molecule has 0 saturated heterocycles. The highest BCUT2D eigenvalue weighted by molar-refractivity contribution is 5.67. The fourth-order valence-electron chi connectivity index (χ4n) is 1.82. The number of nitrogens with zero attached hydrogens (tertiary/aromatic N) is 1. The van der Waals surface area contributed by atoms with Crippen LogP contribution in [0.2, 0.25) is 0 Å². The molecule has 0 fully saturated rings. The molecule has 0 amide bonds. The van der Waals surface area contributed by atoms with E-state index in [2.05, 4.69) is 4.98 Å². The normalized spacial score (nSPS) is 10.4. The lowest BCUT2D eigenvalue weighted by Crippen LogP contribution is -1.94. The van der Waals surface area contributed by atoms with Crippen LogP contribution in [0.4, 0.5) is 10.1 Å². The molecular formula is C13H13FN2. The Morgan fingerprint density at radius 2 is 1.94 bits per heavy atom. The number of aromatic nitrogens is 1. The zero-order valence-corrected chi connectivity index (χ0v) is 9.29. The summed E-state index contributed by atoms with van der Waals surface area (Å²) in [6.45, 7) is 3.74. The Hall–Kier alpha value is -1.90. The fraction of sp³-hybridized carbons (Fsp3) is 0.154. The molecule has 3 heteroatoms. The second-order valence-electron chi connectivity index (χ2n) is 3.91. The van der Waals surface area contributed by atoms with Crippen LogP contribution in [0.1, 0.15) is 11.1 Å². The van der Waals surface area contributed by atoms with E-state index in [1.807, 2.05) is 19.9 Å². The molecule has 0 radical (unpaired) electrons. The van der Waals surface area contributed by atoms with Crippen molar-refractivity contribution in [3.8, 4) is 11.3 Å². The van der Waals surface area contributed by atoms with E-state index in [9.17, 15) is 4.39 Å². The SMILES string of the molecule is Cc1cc(C)c(-c2cc(N)ccn2)c(F)c1. The van der Waals surface area contributed by atoms with Crippen molar-refractivity contribution in [3.63, 3.8) is 0 Å². The summed E-state index contributed by atoms with van der Waals surface area (Å²) in [7, 11) is 0. The number of nitrogens with two attached hydrogens (primary N) is 1. The molecule has 1 aromatic carbocycles. The molecule has 0 spiro atoms. The lowest BCUT2D eigenvalue weighted by molar-refractivity contribution is 0.628. The summed E-state index contributed by atoms with van der Waals surface area (Å²) >= 11 is 0. The van der Waals surface area contributed by atoms with Crippen molar-refractivity contribution in [3.05, 3.63) is 47.4 Å². The van der Waals surface area contributed by atoms with Crippen LogP contribution in [0.25, 0.3) is 11.3 Å². The second-order valence-corrected chi connectivity index (χ2v) is 3.91. The van der Waals surface area contributed by atoms with Crippen molar-refractivity contribution in [2.75, 3.05) is 5.73 Å². The number of anilines is 1. The highest BCUT2D eigenvalue weighted by Crippen LogP contribution is 2.26. The molecule has 0 unspecified atom stereocenters. The molecule has 0 aliphatic heterocycles. The first-order valence-corrected chi connectivity index (χ1v) is 5.06. The van der Waals surface area contributed by atoms with E-state index in [0.717, 1.165) is 11.1 Å². The van der Waals surface area contributed by atoms with Gasteiger partial charge in [-0.15, -0.1) is 0 Å². The molecule has 2 nitrogen and oxygen atoms in total. The maximum Gasteiger partial charge on any atom is 0.133 e. The summed E-state index contributed by atoms with van der Waals surface area (Å²) < 4.78 is 13.8. The highest BCUT2D eigenvalue weighted by Gasteiger charge is 2.10. The van der Waals surface area contributed by atoms with E-state index in [4.69, 9.17) is 5.73 Å². The van der Waals surface area contributed by atoms with Gasteiger partial charge in [0, 0.05) is 17.4 Å². The van der Waals surface area contributed by atoms with Crippen molar-refractivity contribution >= 4 is 5.69 Å². The predicted octanol–water partition coefficient (Wildman–Crippen LogP) is 3.09. The largest absolute Gasteiger partial charge is 0.399 e. The van der Waals surface area contributed by atoms with Gasteiger partial charge in [0.05, 0.1) is 5.69 Å². The van der Waals surface area contributed by atoms with Gasteiger partial charge in [0.2, 0.25) is 0 Å². The summed E-state index contributed by atoms with van der Waals surface area (Å²) in [5, 5.41) is 0. The molecule has 2 aromatic rings. The topological polar surface area (TPSA) is 38.9 Å². The molecule has 0 atom stereocenters. The van der Waals surface area contributed by atoms with E-state index in [0.29, 0.717) is 16.9 Å². The van der Waals surface area contributed by atoms with Crippen LogP contribution < -0.4 is 5.73 Å². The van der Waals surface area contributed by atoms with E-state index in [1.54, 1.807) is 18.3 Å². The van der Waals surface area contributed by atoms with E-state index in [1.165, 1.54) is 6.07 Å². The number of hydrogen-bond donors (Lipinski definition) is 1. The first-order valence-electron chi connectivity index (χ1n) is 5.06. The predicted molar refractivity (Wildman–Crippen MR) is 63.5 cm³/mol. The molecule has 0 aliphatic carbocycles. The minimum Gasteiger partial charge on any atom is -0.399 e. The maximum absolute atomic E-state index is 13.8. The van der Waals surface area contributed by atoms with Crippen molar-refractivity contribution in [2.24, 2.45) is 0 Å².